The zero-order valence-corrected chi connectivity index (χ0v) is 10.6. The van der Waals surface area contributed by atoms with E-state index in [4.69, 9.17) is 14.2 Å². The van der Waals surface area contributed by atoms with Gasteiger partial charge in [-0.2, -0.15) is 0 Å². The van der Waals surface area contributed by atoms with Crippen LogP contribution < -0.4 is 0 Å². The van der Waals surface area contributed by atoms with Crippen LogP contribution in [0.25, 0.3) is 0 Å². The first kappa shape index (κ1) is 12.4. The summed E-state index contributed by atoms with van der Waals surface area (Å²) in [6, 6.07) is 0. The van der Waals surface area contributed by atoms with Gasteiger partial charge in [0.1, 0.15) is 0 Å². The van der Waals surface area contributed by atoms with Gasteiger partial charge in [-0.1, -0.05) is 15.9 Å². The smallest absolute Gasteiger partial charge is 0.0958 e. The lowest BCUT2D eigenvalue weighted by atomic mass is 9.91. The van der Waals surface area contributed by atoms with Crippen LogP contribution in [0, 0.1) is 0 Å². The molecule has 0 bridgehead atoms. The SMILES string of the molecule is CCOCC(C)OC1CC(Br)C1OC. The summed E-state index contributed by atoms with van der Waals surface area (Å²) in [6.45, 7) is 5.43. The largest absolute Gasteiger partial charge is 0.379 e. The number of methoxy groups -OCH3 is 1. The van der Waals surface area contributed by atoms with Crippen molar-refractivity contribution in [3.05, 3.63) is 0 Å². The second-order valence-corrected chi connectivity index (χ2v) is 4.77. The maximum absolute atomic E-state index is 5.78. The van der Waals surface area contributed by atoms with Gasteiger partial charge in [-0.25, -0.2) is 0 Å². The van der Waals surface area contributed by atoms with Gasteiger partial charge in [0.05, 0.1) is 24.9 Å². The molecule has 1 fully saturated rings. The maximum atomic E-state index is 5.78. The van der Waals surface area contributed by atoms with Crippen LogP contribution >= 0.6 is 15.9 Å². The molecule has 0 radical (unpaired) electrons. The molecule has 1 aliphatic rings. The van der Waals surface area contributed by atoms with Gasteiger partial charge >= 0.3 is 0 Å². The standard InChI is InChI=1S/C10H19BrO3/c1-4-13-6-7(2)14-9-5-8(11)10(9)12-3/h7-10H,4-6H2,1-3H3. The first-order valence-corrected chi connectivity index (χ1v) is 6.00. The highest BCUT2D eigenvalue weighted by Crippen LogP contribution is 2.33. The van der Waals surface area contributed by atoms with Crippen LogP contribution in [-0.4, -0.2) is 43.5 Å². The Morgan fingerprint density at radius 3 is 2.71 bits per heavy atom. The third-order valence-electron chi connectivity index (χ3n) is 2.42. The molecule has 14 heavy (non-hydrogen) atoms. The van der Waals surface area contributed by atoms with Crippen molar-refractivity contribution in [3.8, 4) is 0 Å². The highest BCUT2D eigenvalue weighted by molar-refractivity contribution is 9.09. The summed E-state index contributed by atoms with van der Waals surface area (Å²) in [6.07, 6.45) is 1.59. The van der Waals surface area contributed by atoms with E-state index in [1.54, 1.807) is 7.11 Å². The van der Waals surface area contributed by atoms with E-state index in [0.29, 0.717) is 11.4 Å². The van der Waals surface area contributed by atoms with E-state index in [1.165, 1.54) is 0 Å². The van der Waals surface area contributed by atoms with Gasteiger partial charge in [-0.05, 0) is 20.3 Å². The molecule has 0 N–H and O–H groups in total. The Bertz CT molecular complexity index is 165. The van der Waals surface area contributed by atoms with Gasteiger partial charge in [0, 0.05) is 18.5 Å². The minimum Gasteiger partial charge on any atom is -0.379 e. The van der Waals surface area contributed by atoms with Crippen molar-refractivity contribution in [2.24, 2.45) is 0 Å². The summed E-state index contributed by atoms with van der Waals surface area (Å²) in [7, 11) is 1.72. The van der Waals surface area contributed by atoms with Gasteiger partial charge in [0.25, 0.3) is 0 Å². The predicted octanol–water partition coefficient (Wildman–Crippen LogP) is 1.98. The Morgan fingerprint density at radius 1 is 1.50 bits per heavy atom. The van der Waals surface area contributed by atoms with Crippen LogP contribution in [0.1, 0.15) is 20.3 Å². The molecule has 0 spiro atoms. The summed E-state index contributed by atoms with van der Waals surface area (Å²) in [5.74, 6) is 0. The van der Waals surface area contributed by atoms with E-state index < -0.39 is 0 Å². The van der Waals surface area contributed by atoms with E-state index in [0.717, 1.165) is 13.0 Å². The molecule has 0 aliphatic heterocycles. The number of hydrogen-bond donors (Lipinski definition) is 0. The van der Waals surface area contributed by atoms with Crippen molar-refractivity contribution in [3.63, 3.8) is 0 Å². The van der Waals surface area contributed by atoms with Crippen molar-refractivity contribution >= 4 is 15.9 Å². The molecule has 4 heteroatoms. The van der Waals surface area contributed by atoms with Crippen molar-refractivity contribution in [1.29, 1.82) is 0 Å². The van der Waals surface area contributed by atoms with Crippen molar-refractivity contribution in [2.75, 3.05) is 20.3 Å². The number of halogens is 1. The fourth-order valence-electron chi connectivity index (χ4n) is 1.58. The maximum Gasteiger partial charge on any atom is 0.0958 e. The average molecular weight is 267 g/mol. The minimum atomic E-state index is 0.151. The second kappa shape index (κ2) is 6.05. The number of alkyl halides is 1. The zero-order chi connectivity index (χ0) is 10.6. The van der Waals surface area contributed by atoms with Gasteiger partial charge in [0.15, 0.2) is 0 Å². The molecule has 0 aromatic rings. The fourth-order valence-corrected chi connectivity index (χ4v) is 2.51. The van der Waals surface area contributed by atoms with Crippen LogP contribution in [0.15, 0.2) is 0 Å². The van der Waals surface area contributed by atoms with Gasteiger partial charge in [0.2, 0.25) is 0 Å². The lowest BCUT2D eigenvalue weighted by molar-refractivity contribution is -0.142. The lowest BCUT2D eigenvalue weighted by Crippen LogP contribution is -2.51. The molecule has 0 amide bonds. The average Bonchev–Trinajstić information content (AvgIpc) is 2.14. The lowest BCUT2D eigenvalue weighted by Gasteiger charge is -2.41. The quantitative estimate of drug-likeness (QED) is 0.689. The molecule has 0 saturated heterocycles. The van der Waals surface area contributed by atoms with E-state index in [1.807, 2.05) is 13.8 Å². The first-order valence-electron chi connectivity index (χ1n) is 5.09. The summed E-state index contributed by atoms with van der Waals surface area (Å²) in [5, 5.41) is 0. The van der Waals surface area contributed by atoms with Crippen LogP contribution in [0.3, 0.4) is 0 Å². The summed E-state index contributed by atoms with van der Waals surface area (Å²) in [5.41, 5.74) is 0. The van der Waals surface area contributed by atoms with E-state index >= 15 is 0 Å². The Labute approximate surface area is 94.2 Å². The molecule has 3 nitrogen and oxygen atoms in total. The van der Waals surface area contributed by atoms with E-state index in [9.17, 15) is 0 Å². The van der Waals surface area contributed by atoms with E-state index in [2.05, 4.69) is 15.9 Å². The summed E-state index contributed by atoms with van der Waals surface area (Å²) >= 11 is 3.53. The Kier molecular flexibility index (Phi) is 5.38. The number of ether oxygens (including phenoxy) is 3. The highest BCUT2D eigenvalue weighted by Gasteiger charge is 2.41. The van der Waals surface area contributed by atoms with Crippen LogP contribution in [0.5, 0.6) is 0 Å². The second-order valence-electron chi connectivity index (χ2n) is 3.60. The van der Waals surface area contributed by atoms with Crippen molar-refractivity contribution < 1.29 is 14.2 Å². The van der Waals surface area contributed by atoms with Crippen LogP contribution in [0.2, 0.25) is 0 Å². The monoisotopic (exact) mass is 266 g/mol. The van der Waals surface area contributed by atoms with Crippen LogP contribution in [0.4, 0.5) is 0 Å². The normalized spacial score (nSPS) is 33.9. The molecule has 0 heterocycles. The molecule has 84 valence electrons. The molecule has 1 aliphatic carbocycles. The number of hydrogen-bond acceptors (Lipinski definition) is 3. The van der Waals surface area contributed by atoms with Gasteiger partial charge in [-0.3, -0.25) is 0 Å². The molecular formula is C10H19BrO3. The third-order valence-corrected chi connectivity index (χ3v) is 3.31. The summed E-state index contributed by atoms with van der Waals surface area (Å²) in [4.78, 5) is 0.441. The Balaban J connectivity index is 2.17. The molecule has 1 saturated carbocycles. The Hall–Kier alpha value is 0.360. The molecule has 4 unspecified atom stereocenters. The van der Waals surface area contributed by atoms with Gasteiger partial charge in [-0.15, -0.1) is 0 Å². The third kappa shape index (κ3) is 3.19. The zero-order valence-electron chi connectivity index (χ0n) is 9.03. The topological polar surface area (TPSA) is 27.7 Å². The highest BCUT2D eigenvalue weighted by atomic mass is 79.9. The molecule has 4 atom stereocenters. The minimum absolute atomic E-state index is 0.151. The first-order chi connectivity index (χ1) is 6.69. The summed E-state index contributed by atoms with van der Waals surface area (Å²) < 4.78 is 16.4. The Morgan fingerprint density at radius 2 is 2.21 bits per heavy atom. The van der Waals surface area contributed by atoms with Crippen molar-refractivity contribution in [1.82, 2.24) is 0 Å². The predicted molar refractivity (Wildman–Crippen MR) is 59.0 cm³/mol. The van der Waals surface area contributed by atoms with Crippen LogP contribution in [-0.2, 0) is 14.2 Å². The van der Waals surface area contributed by atoms with Crippen molar-refractivity contribution in [2.45, 2.75) is 43.4 Å². The molecule has 1 rings (SSSR count). The van der Waals surface area contributed by atoms with E-state index in [-0.39, 0.29) is 18.3 Å². The number of rotatable bonds is 6. The fraction of sp³-hybridized carbons (Fsp3) is 1.00. The molecular weight excluding hydrogens is 248 g/mol. The molecule has 0 aromatic heterocycles. The van der Waals surface area contributed by atoms with Gasteiger partial charge < -0.3 is 14.2 Å². The molecule has 0 aromatic carbocycles.